The zero-order valence-corrected chi connectivity index (χ0v) is 85.4. The van der Waals surface area contributed by atoms with Gasteiger partial charge in [0.05, 0.1) is 53.2 Å². The quantitative estimate of drug-likeness (QED) is 0.0114. The summed E-state index contributed by atoms with van der Waals surface area (Å²) in [6, 6.07) is 48.1. The number of methoxy groups -OCH3 is 1. The van der Waals surface area contributed by atoms with E-state index in [9.17, 15) is 85.8 Å². The minimum atomic E-state index is -5.03. The number of benzene rings is 9. The van der Waals surface area contributed by atoms with Crippen molar-refractivity contribution in [3.8, 4) is 67.9 Å². The van der Waals surface area contributed by atoms with E-state index < -0.39 is 137 Å². The Morgan fingerprint density at radius 2 is 0.669 bits per heavy atom. The minimum absolute atomic E-state index is 0.000763. The molecule has 0 N–H and O–H groups in total. The summed E-state index contributed by atoms with van der Waals surface area (Å²) < 4.78 is 247. The highest BCUT2D eigenvalue weighted by atomic mass is 19.4. The predicted molar refractivity (Wildman–Crippen MR) is 540 cm³/mol. The van der Waals surface area contributed by atoms with Gasteiger partial charge in [0.2, 0.25) is 11.2 Å². The maximum Gasteiger partial charge on any atom is 0.430 e. The summed E-state index contributed by atoms with van der Waals surface area (Å²) in [5, 5.41) is 0. The lowest BCUT2D eigenvalue weighted by Crippen LogP contribution is -2.55. The molecular weight excluding hydrogens is 1940 g/mol. The van der Waals surface area contributed by atoms with Crippen molar-refractivity contribution in [2.75, 3.05) is 46.8 Å². The predicted octanol–water partition coefficient (Wildman–Crippen LogP) is 32.4. The Kier molecular flexibility index (Phi) is 50.1. The van der Waals surface area contributed by atoms with Gasteiger partial charge in [-0.15, -0.1) is 0 Å². The molecule has 2 aliphatic carbocycles. The Balaban J connectivity index is 0.000000247. The van der Waals surface area contributed by atoms with Crippen molar-refractivity contribution in [2.45, 2.75) is 320 Å². The fourth-order valence-corrected chi connectivity index (χ4v) is 17.5. The first-order chi connectivity index (χ1) is 71.2. The van der Waals surface area contributed by atoms with Crippen LogP contribution in [0.15, 0.2) is 194 Å². The number of hydrogen-bond acceptors (Lipinski definition) is 18. The topological polar surface area (TPSA) is 213 Å². The summed E-state index contributed by atoms with van der Waals surface area (Å²) in [6.07, 6.45) is 13.7. The van der Waals surface area contributed by atoms with Crippen molar-refractivity contribution in [2.24, 2.45) is 0 Å². The highest BCUT2D eigenvalue weighted by molar-refractivity contribution is 5.95. The van der Waals surface area contributed by atoms with E-state index in [1.807, 2.05) is 67.6 Å². The molecule has 2 aliphatic rings. The average Bonchev–Trinajstić information content (AvgIpc) is 1.62. The smallest absolute Gasteiger partial charge is 0.430 e. The summed E-state index contributed by atoms with van der Waals surface area (Å²) in [5.41, 5.74) is -2.56. The Labute approximate surface area is 859 Å². The van der Waals surface area contributed by atoms with E-state index in [4.69, 9.17) is 56.8 Å². The molecule has 2 saturated carbocycles. The molecule has 5 unspecified atom stereocenters. The third kappa shape index (κ3) is 37.7. The van der Waals surface area contributed by atoms with Crippen molar-refractivity contribution in [3.05, 3.63) is 251 Å². The van der Waals surface area contributed by atoms with E-state index in [-0.39, 0.29) is 79.1 Å². The number of rotatable bonds is 58. The van der Waals surface area contributed by atoms with Crippen molar-refractivity contribution in [1.29, 1.82) is 0 Å². The summed E-state index contributed by atoms with van der Waals surface area (Å²) in [7, 11) is 1.04. The average molecular weight is 2080 g/mol. The second-order valence-electron chi connectivity index (χ2n) is 37.0. The lowest BCUT2D eigenvalue weighted by atomic mass is 9.98. The van der Waals surface area contributed by atoms with Gasteiger partial charge in [0, 0.05) is 39.1 Å². The standard InChI is InChI=1S/C40H51F3O6.C39H46F4O6.C38H42F6O6/c1-3-5-6-7-8-9-10-11-15-30-47-35-25-21-32(22-26-35)31-17-19-33(20-18-31)38(44)48-36-27-23-34(24-28-36)39(45)49-37(40(41,42)43)16-13-12-14-29-46-4-2;1-3-5-6-7-8-9-10-11-12-26-47-31-21-19-29(20-22-31)28-15-17-30(18-16-28)36(44)48-32-23-24-33(34(40)27-32)37(45)49-38(39(41,42)43)25-13-14-35(38)46-4-2;1-3-4-5-6-7-8-9-10-11-21-48-32-19-18-27(22-30(32)40)25-14-16-26(17-15-25)35(45)49-33-24-29(39)28(23-31(33)41)36(46)50-37(38(42,43)44)20-12-13-34(37)47-2/h17-28,37H,3-16,29-30H2,1-2H3;15-24,27,35H,3-14,25-26H2,1-2H3;14-19,22-24,34H,3-13,20-21H2,1-2H3. The lowest BCUT2D eigenvalue weighted by Gasteiger charge is -2.36. The van der Waals surface area contributed by atoms with Crippen LogP contribution < -0.4 is 28.4 Å². The largest absolute Gasteiger partial charge is 0.494 e. The third-order valence-electron chi connectivity index (χ3n) is 26.0. The Hall–Kier alpha value is -11.8. The Morgan fingerprint density at radius 1 is 0.318 bits per heavy atom. The van der Waals surface area contributed by atoms with Gasteiger partial charge in [-0.25, -0.2) is 46.3 Å². The van der Waals surface area contributed by atoms with Crippen LogP contribution in [-0.2, 0) is 28.4 Å². The van der Waals surface area contributed by atoms with Crippen LogP contribution in [0.2, 0.25) is 0 Å². The Bertz CT molecular complexity index is 5510. The molecule has 9 aromatic carbocycles. The molecule has 148 heavy (non-hydrogen) atoms. The minimum Gasteiger partial charge on any atom is -0.494 e. The molecule has 0 saturated heterocycles. The molecule has 0 aliphatic heterocycles. The van der Waals surface area contributed by atoms with E-state index in [0.717, 1.165) is 97.6 Å². The van der Waals surface area contributed by atoms with Gasteiger partial charge >= 0.3 is 54.3 Å². The number of hydrogen-bond donors (Lipinski definition) is 0. The second kappa shape index (κ2) is 62.0. The van der Waals surface area contributed by atoms with Gasteiger partial charge in [-0.3, -0.25) is 0 Å². The van der Waals surface area contributed by atoms with Crippen LogP contribution in [0.3, 0.4) is 0 Å². The molecule has 2 fully saturated rings. The van der Waals surface area contributed by atoms with E-state index in [2.05, 4.69) is 20.8 Å². The molecule has 31 heteroatoms. The van der Waals surface area contributed by atoms with Gasteiger partial charge < -0.3 is 56.8 Å². The van der Waals surface area contributed by atoms with Crippen molar-refractivity contribution >= 4 is 35.8 Å². The fraction of sp³-hybridized carbons (Fsp3) is 0.487. The van der Waals surface area contributed by atoms with Crippen LogP contribution in [0.4, 0.5) is 57.1 Å². The number of esters is 6. The zero-order valence-electron chi connectivity index (χ0n) is 85.4. The van der Waals surface area contributed by atoms with E-state index in [0.29, 0.717) is 74.7 Å². The molecule has 9 aromatic rings. The summed E-state index contributed by atoms with van der Waals surface area (Å²) in [5.74, 6) is -10.6. The van der Waals surface area contributed by atoms with Gasteiger partial charge in [0.25, 0.3) is 0 Å². The maximum atomic E-state index is 14.9. The third-order valence-corrected chi connectivity index (χ3v) is 26.0. The molecule has 5 atom stereocenters. The van der Waals surface area contributed by atoms with Crippen molar-refractivity contribution in [3.63, 3.8) is 0 Å². The van der Waals surface area contributed by atoms with Gasteiger partial charge in [0.15, 0.2) is 29.2 Å². The van der Waals surface area contributed by atoms with Gasteiger partial charge in [0.1, 0.15) is 46.8 Å². The van der Waals surface area contributed by atoms with E-state index >= 15 is 0 Å². The molecule has 0 heterocycles. The molecule has 806 valence electrons. The molecule has 18 nitrogen and oxygen atoms in total. The molecule has 0 radical (unpaired) electrons. The van der Waals surface area contributed by atoms with Crippen LogP contribution in [0.1, 0.15) is 334 Å². The van der Waals surface area contributed by atoms with Gasteiger partial charge in [-0.2, -0.15) is 39.5 Å². The molecule has 0 spiro atoms. The normalized spacial score (nSPS) is 15.7. The second-order valence-corrected chi connectivity index (χ2v) is 37.0. The number of unbranched alkanes of at least 4 members (excludes halogenated alkanes) is 26. The van der Waals surface area contributed by atoms with Crippen molar-refractivity contribution in [1.82, 2.24) is 0 Å². The van der Waals surface area contributed by atoms with E-state index in [1.54, 1.807) is 49.4 Å². The highest BCUT2D eigenvalue weighted by Crippen LogP contribution is 2.50. The fourth-order valence-electron chi connectivity index (χ4n) is 17.5. The maximum absolute atomic E-state index is 14.9. The summed E-state index contributed by atoms with van der Waals surface area (Å²) in [6.45, 7) is 12.9. The molecular formula is C117H139F13O18. The number of carbonyl (C=O) groups is 6. The van der Waals surface area contributed by atoms with Gasteiger partial charge in [-0.05, 0) is 240 Å². The summed E-state index contributed by atoms with van der Waals surface area (Å²) >= 11 is 0. The SMILES string of the molecule is CCCCCCCCCCCOc1ccc(-c2ccc(C(=O)Oc3cc(F)c(C(=O)OC4(C(F)(F)F)CCCC4OC)cc3F)cc2)cc1F.CCCCCCCCCCCOc1ccc(-c2ccc(C(=O)Oc3ccc(C(=O)OC(CCCCCOCC)C(F)(F)F)cc3)cc2)cc1.CCCCCCCCCCCOc1ccc(-c2ccc(C(=O)Oc3ccc(C(=O)OC4(C(F)(F)F)CCCC4OCC)c(F)c3)cc2)cc1. The van der Waals surface area contributed by atoms with Crippen LogP contribution >= 0.6 is 0 Å². The zero-order chi connectivity index (χ0) is 107. The number of alkyl halides is 9. The molecule has 0 bridgehead atoms. The van der Waals surface area contributed by atoms with Gasteiger partial charge in [-0.1, -0.05) is 248 Å². The van der Waals surface area contributed by atoms with Crippen molar-refractivity contribution < 1.29 is 143 Å². The summed E-state index contributed by atoms with van der Waals surface area (Å²) in [4.78, 5) is 76.0. The van der Waals surface area contributed by atoms with Crippen LogP contribution in [0, 0.1) is 23.3 Å². The molecule has 11 rings (SSSR count). The molecule has 0 aromatic heterocycles. The monoisotopic (exact) mass is 2080 g/mol. The lowest BCUT2D eigenvalue weighted by molar-refractivity contribution is -0.285. The number of halogens is 13. The Morgan fingerprint density at radius 3 is 1.09 bits per heavy atom. The first kappa shape index (κ1) is 120. The number of carbonyl (C=O) groups excluding carboxylic acids is 6. The highest BCUT2D eigenvalue weighted by Gasteiger charge is 2.67. The van der Waals surface area contributed by atoms with Crippen LogP contribution in [0.25, 0.3) is 33.4 Å². The van der Waals surface area contributed by atoms with Crippen LogP contribution in [-0.4, -0.2) is 131 Å². The first-order valence-corrected chi connectivity index (χ1v) is 52.0. The molecule has 0 amide bonds. The van der Waals surface area contributed by atoms with Crippen LogP contribution in [0.5, 0.6) is 34.5 Å². The first-order valence-electron chi connectivity index (χ1n) is 52.0. The van der Waals surface area contributed by atoms with E-state index in [1.165, 1.54) is 196 Å². The number of ether oxygens (including phenoxy) is 12.